The quantitative estimate of drug-likeness (QED) is 0.216. The van der Waals surface area contributed by atoms with Crippen LogP contribution in [0.1, 0.15) is 44.4 Å². The number of aromatic nitrogens is 3. The van der Waals surface area contributed by atoms with Crippen molar-refractivity contribution in [1.29, 1.82) is 0 Å². The molecule has 0 bridgehead atoms. The number of primary amides is 1. The lowest BCUT2D eigenvalue weighted by Gasteiger charge is -2.15. The van der Waals surface area contributed by atoms with Gasteiger partial charge in [-0.2, -0.15) is 0 Å². The van der Waals surface area contributed by atoms with Gasteiger partial charge in [0.1, 0.15) is 16.6 Å². The number of carbonyl (C=O) groups is 3. The van der Waals surface area contributed by atoms with Crippen LogP contribution < -0.4 is 15.8 Å². The normalized spacial score (nSPS) is 11.6. The molecule has 36 heavy (non-hydrogen) atoms. The average Bonchev–Trinajstić information content (AvgIpc) is 3.39. The van der Waals surface area contributed by atoms with Crippen molar-refractivity contribution < 1.29 is 28.2 Å². The first-order valence-corrected chi connectivity index (χ1v) is 12.4. The van der Waals surface area contributed by atoms with Crippen molar-refractivity contribution >= 4 is 45.9 Å². The van der Waals surface area contributed by atoms with Gasteiger partial charge in [0.2, 0.25) is 5.91 Å². The number of anilines is 1. The minimum atomic E-state index is -0.709. The van der Waals surface area contributed by atoms with Crippen LogP contribution in [0.15, 0.2) is 42.1 Å². The second-order valence-electron chi connectivity index (χ2n) is 7.41. The number of rotatable bonds is 11. The molecule has 0 radical (unpaired) electrons. The molecule has 3 N–H and O–H groups in total. The van der Waals surface area contributed by atoms with Gasteiger partial charge in [0.05, 0.1) is 23.3 Å². The molecule has 0 spiro atoms. The van der Waals surface area contributed by atoms with Crippen molar-refractivity contribution in [3.8, 4) is 5.75 Å². The lowest BCUT2D eigenvalue weighted by atomic mass is 10.1. The maximum Gasteiger partial charge on any atom is 0.341 e. The van der Waals surface area contributed by atoms with E-state index in [4.69, 9.17) is 15.2 Å². The maximum atomic E-state index is 13.2. The summed E-state index contributed by atoms with van der Waals surface area (Å²) < 4.78 is 25.5. The molecule has 2 aromatic heterocycles. The van der Waals surface area contributed by atoms with Gasteiger partial charge in [-0.05, 0) is 43.7 Å². The molecule has 0 saturated carbocycles. The molecule has 0 saturated heterocycles. The molecule has 0 aliphatic heterocycles. The number of hydrogen-bond acceptors (Lipinski definition) is 9. The summed E-state index contributed by atoms with van der Waals surface area (Å²) in [7, 11) is 1.20. The number of hydrogen-bond donors (Lipinski definition) is 2. The first-order valence-electron chi connectivity index (χ1n) is 10.6. The van der Waals surface area contributed by atoms with Crippen molar-refractivity contribution in [3.63, 3.8) is 0 Å². The van der Waals surface area contributed by atoms with E-state index in [1.165, 1.54) is 31.4 Å². The van der Waals surface area contributed by atoms with E-state index in [1.54, 1.807) is 24.5 Å². The first kappa shape index (κ1) is 26.9. The summed E-state index contributed by atoms with van der Waals surface area (Å²) in [6.45, 7) is 7.45. The molecule has 0 aliphatic rings. The number of esters is 1. The molecule has 3 rings (SSSR count). The number of ether oxygens (including phenoxy) is 2. The van der Waals surface area contributed by atoms with Crippen LogP contribution in [0.3, 0.4) is 0 Å². The summed E-state index contributed by atoms with van der Waals surface area (Å²) in [5, 5.41) is 11.6. The molecule has 0 aliphatic carbocycles. The minimum absolute atomic E-state index is 0.0636. The van der Waals surface area contributed by atoms with Gasteiger partial charge in [0, 0.05) is 6.54 Å². The van der Waals surface area contributed by atoms with Crippen LogP contribution >= 0.6 is 23.1 Å². The smallest absolute Gasteiger partial charge is 0.341 e. The highest BCUT2D eigenvalue weighted by molar-refractivity contribution is 7.99. The van der Waals surface area contributed by atoms with Crippen LogP contribution in [0, 0.1) is 12.7 Å². The Morgan fingerprint density at radius 2 is 2.00 bits per heavy atom. The lowest BCUT2D eigenvalue weighted by Crippen LogP contribution is -2.17. The Labute approximate surface area is 214 Å². The predicted molar refractivity (Wildman–Crippen MR) is 134 cm³/mol. The fourth-order valence-electron chi connectivity index (χ4n) is 3.26. The van der Waals surface area contributed by atoms with Gasteiger partial charge in [-0.25, -0.2) is 9.18 Å². The van der Waals surface area contributed by atoms with Crippen molar-refractivity contribution in [3.05, 3.63) is 64.6 Å². The highest BCUT2D eigenvalue weighted by atomic mass is 32.2. The fraction of sp³-hybridized carbons (Fsp3) is 0.261. The van der Waals surface area contributed by atoms with E-state index in [1.807, 2.05) is 0 Å². The van der Waals surface area contributed by atoms with E-state index >= 15 is 0 Å². The summed E-state index contributed by atoms with van der Waals surface area (Å²) in [4.78, 5) is 36.7. The van der Waals surface area contributed by atoms with Crippen molar-refractivity contribution in [1.82, 2.24) is 14.8 Å². The predicted octanol–water partition coefficient (Wildman–Crippen LogP) is 3.73. The topological polar surface area (TPSA) is 138 Å². The van der Waals surface area contributed by atoms with Gasteiger partial charge >= 0.3 is 5.97 Å². The number of halogens is 1. The Kier molecular flexibility index (Phi) is 8.83. The summed E-state index contributed by atoms with van der Waals surface area (Å²) in [5.41, 5.74) is 5.80. The van der Waals surface area contributed by atoms with Crippen LogP contribution in [-0.2, 0) is 16.1 Å². The summed E-state index contributed by atoms with van der Waals surface area (Å²) >= 11 is 2.03. The molecule has 1 unspecified atom stereocenters. The van der Waals surface area contributed by atoms with E-state index < -0.39 is 23.9 Å². The molecular weight excluding hydrogens is 509 g/mol. The zero-order valence-electron chi connectivity index (χ0n) is 19.7. The van der Waals surface area contributed by atoms with Crippen molar-refractivity contribution in [2.24, 2.45) is 5.73 Å². The van der Waals surface area contributed by atoms with Crippen LogP contribution in [0.2, 0.25) is 0 Å². The summed E-state index contributed by atoms with van der Waals surface area (Å²) in [6, 6.07) is 5.62. The highest BCUT2D eigenvalue weighted by Crippen LogP contribution is 2.34. The number of allylic oxidation sites excluding steroid dienone is 1. The van der Waals surface area contributed by atoms with Crippen molar-refractivity contribution in [2.75, 3.05) is 18.2 Å². The molecule has 1 aromatic carbocycles. The van der Waals surface area contributed by atoms with E-state index in [-0.39, 0.29) is 27.0 Å². The molecule has 1 atom stereocenters. The van der Waals surface area contributed by atoms with Gasteiger partial charge in [0.25, 0.3) is 5.91 Å². The number of benzene rings is 1. The average molecular weight is 534 g/mol. The number of amides is 2. The number of nitrogens with zero attached hydrogens (tertiary/aromatic N) is 3. The van der Waals surface area contributed by atoms with Gasteiger partial charge in [-0.3, -0.25) is 14.2 Å². The number of nitrogens with one attached hydrogen (secondary N) is 1. The number of thiophene rings is 1. The van der Waals surface area contributed by atoms with Crippen molar-refractivity contribution in [2.45, 2.75) is 31.7 Å². The second kappa shape index (κ2) is 11.8. The van der Waals surface area contributed by atoms with Gasteiger partial charge in [-0.15, -0.1) is 28.1 Å². The largest absolute Gasteiger partial charge is 0.483 e. The Hall–Kier alpha value is -3.71. The standard InChI is InChI=1S/C23H24FN5O5S2/c1-5-10-29-20(13(3)34-15-8-6-14(24)7-9-15)27-28-23(29)35-11-16(30)26-21-17(22(32)33-4)12(2)18(36-21)19(25)31/h5-9,13H,1,10-11H2,2-4H3,(H2,25,31)(H,26,30). The Morgan fingerprint density at radius 3 is 2.61 bits per heavy atom. The van der Waals surface area contributed by atoms with Crippen LogP contribution in [0.25, 0.3) is 0 Å². The monoisotopic (exact) mass is 533 g/mol. The van der Waals surface area contributed by atoms with E-state index in [9.17, 15) is 18.8 Å². The second-order valence-corrected chi connectivity index (χ2v) is 9.37. The summed E-state index contributed by atoms with van der Waals surface area (Å²) in [5.74, 6) is -1.31. The summed E-state index contributed by atoms with van der Waals surface area (Å²) in [6.07, 6.45) is 1.14. The molecule has 2 amide bonds. The minimum Gasteiger partial charge on any atom is -0.483 e. The van der Waals surface area contributed by atoms with Crippen LogP contribution in [0.5, 0.6) is 5.75 Å². The zero-order valence-corrected chi connectivity index (χ0v) is 21.4. The third-order valence-corrected chi connectivity index (χ3v) is 7.08. The van der Waals surface area contributed by atoms with Crippen LogP contribution in [-0.4, -0.2) is 45.4 Å². The SMILES string of the molecule is C=CCn1c(SCC(=O)Nc2sc(C(N)=O)c(C)c2C(=O)OC)nnc1C(C)Oc1ccc(F)cc1. The number of thioether (sulfide) groups is 1. The molecule has 3 aromatic rings. The van der Waals surface area contributed by atoms with E-state index in [0.717, 1.165) is 23.1 Å². The van der Waals surface area contributed by atoms with Gasteiger partial charge in [0.15, 0.2) is 17.1 Å². The molecule has 190 valence electrons. The lowest BCUT2D eigenvalue weighted by molar-refractivity contribution is -0.113. The molecule has 10 nitrogen and oxygen atoms in total. The number of nitrogens with two attached hydrogens (primary N) is 1. The number of carbonyl (C=O) groups excluding carboxylic acids is 3. The third kappa shape index (κ3) is 6.10. The molecule has 2 heterocycles. The molecule has 0 fully saturated rings. The Balaban J connectivity index is 1.73. The third-order valence-electron chi connectivity index (χ3n) is 4.89. The van der Waals surface area contributed by atoms with E-state index in [0.29, 0.717) is 28.8 Å². The van der Waals surface area contributed by atoms with E-state index in [2.05, 4.69) is 22.1 Å². The van der Waals surface area contributed by atoms with Gasteiger partial charge < -0.3 is 20.5 Å². The highest BCUT2D eigenvalue weighted by Gasteiger charge is 2.26. The molecular formula is C23H24FN5O5S2. The fourth-order valence-corrected chi connectivity index (χ4v) is 5.07. The number of methoxy groups -OCH3 is 1. The maximum absolute atomic E-state index is 13.2. The Morgan fingerprint density at radius 1 is 1.31 bits per heavy atom. The molecule has 13 heteroatoms. The van der Waals surface area contributed by atoms with Crippen LogP contribution in [0.4, 0.5) is 9.39 Å². The van der Waals surface area contributed by atoms with Gasteiger partial charge in [-0.1, -0.05) is 17.8 Å². The zero-order chi connectivity index (χ0) is 26.4. The Bertz CT molecular complexity index is 1290. The first-order chi connectivity index (χ1) is 17.2.